The lowest BCUT2D eigenvalue weighted by Gasteiger charge is -2.01. The highest BCUT2D eigenvalue weighted by atomic mass is 16.4. The molecular weight excluding hydrogens is 264 g/mol. The molecule has 0 aliphatic heterocycles. The summed E-state index contributed by atoms with van der Waals surface area (Å²) in [5.41, 5.74) is 2.96. The van der Waals surface area contributed by atoms with Crippen molar-refractivity contribution >= 4 is 6.21 Å². The van der Waals surface area contributed by atoms with Gasteiger partial charge in [-0.2, -0.15) is 0 Å². The van der Waals surface area contributed by atoms with E-state index in [0.29, 0.717) is 11.6 Å². The summed E-state index contributed by atoms with van der Waals surface area (Å²) in [4.78, 5) is 4.42. The highest BCUT2D eigenvalue weighted by molar-refractivity contribution is 5.76. The number of aryl methyl sites for hydroxylation is 1. The summed E-state index contributed by atoms with van der Waals surface area (Å²) in [7, 11) is 0. The van der Waals surface area contributed by atoms with E-state index in [1.807, 2.05) is 61.5 Å². The van der Waals surface area contributed by atoms with Crippen LogP contribution in [-0.4, -0.2) is 26.2 Å². The third-order valence-corrected chi connectivity index (χ3v) is 3.12. The Labute approximate surface area is 122 Å². The maximum atomic E-state index is 8.80. The summed E-state index contributed by atoms with van der Waals surface area (Å²) in [6.45, 7) is 2.03. The molecule has 1 heterocycles. The molecule has 21 heavy (non-hydrogen) atoms. The molecule has 1 N–H and O–H groups in total. The van der Waals surface area contributed by atoms with E-state index in [9.17, 15) is 0 Å². The molecule has 0 unspecified atom stereocenters. The Morgan fingerprint density at radius 1 is 1.05 bits per heavy atom. The number of nitrogens with zero attached hydrogens (tertiary/aromatic N) is 4. The molecule has 0 amide bonds. The van der Waals surface area contributed by atoms with Gasteiger partial charge in [0.25, 0.3) is 0 Å². The van der Waals surface area contributed by atoms with Crippen molar-refractivity contribution in [1.29, 1.82) is 0 Å². The van der Waals surface area contributed by atoms with E-state index in [1.165, 1.54) is 11.8 Å². The third kappa shape index (κ3) is 2.67. The fourth-order valence-corrected chi connectivity index (χ4v) is 2.04. The molecule has 0 bridgehead atoms. The lowest BCUT2D eigenvalue weighted by molar-refractivity contribution is 0.321. The molecule has 0 saturated carbocycles. The first-order valence-corrected chi connectivity index (χ1v) is 6.55. The monoisotopic (exact) mass is 278 g/mol. The summed E-state index contributed by atoms with van der Waals surface area (Å²) in [5.74, 6) is 1.06. The Morgan fingerprint density at radius 2 is 1.76 bits per heavy atom. The number of para-hydroxylation sites is 1. The van der Waals surface area contributed by atoms with Crippen molar-refractivity contribution < 1.29 is 5.21 Å². The second-order valence-corrected chi connectivity index (χ2v) is 4.65. The number of rotatable bonds is 3. The molecule has 0 aliphatic rings. The van der Waals surface area contributed by atoms with Crippen LogP contribution in [0.1, 0.15) is 11.4 Å². The van der Waals surface area contributed by atoms with Gasteiger partial charge in [-0.15, -0.1) is 5.10 Å². The van der Waals surface area contributed by atoms with Crippen molar-refractivity contribution in [3.63, 3.8) is 0 Å². The van der Waals surface area contributed by atoms with Crippen LogP contribution in [0.2, 0.25) is 0 Å². The minimum atomic E-state index is 0.472. The zero-order chi connectivity index (χ0) is 14.7. The first-order valence-electron chi connectivity index (χ1n) is 6.55. The minimum absolute atomic E-state index is 0.472. The Balaban J connectivity index is 2.10. The third-order valence-electron chi connectivity index (χ3n) is 3.12. The molecule has 0 atom stereocenters. The molecule has 0 radical (unpaired) electrons. The first kappa shape index (κ1) is 13.1. The van der Waals surface area contributed by atoms with Crippen LogP contribution in [0.15, 0.2) is 59.8 Å². The van der Waals surface area contributed by atoms with Crippen LogP contribution in [-0.2, 0) is 0 Å². The Hall–Kier alpha value is -2.95. The van der Waals surface area contributed by atoms with Crippen LogP contribution < -0.4 is 0 Å². The second-order valence-electron chi connectivity index (χ2n) is 4.65. The Bertz CT molecular complexity index is 761. The highest BCUT2D eigenvalue weighted by Crippen LogP contribution is 2.18. The SMILES string of the molecule is Cc1ccc(-c2nc(C=NO)n(-c3ccccc3)n2)cc1. The number of oxime groups is 1. The molecule has 0 aliphatic carbocycles. The average molecular weight is 278 g/mol. The normalized spacial score (nSPS) is 11.1. The predicted molar refractivity (Wildman–Crippen MR) is 80.9 cm³/mol. The standard InChI is InChI=1S/C16H14N4O/c1-12-7-9-13(10-8-12)16-18-15(11-17-21)20(19-16)14-5-3-2-4-6-14/h2-11,21H,1H3. The molecule has 5 nitrogen and oxygen atoms in total. The van der Waals surface area contributed by atoms with Gasteiger partial charge in [0.15, 0.2) is 11.6 Å². The van der Waals surface area contributed by atoms with Crippen molar-refractivity contribution in [2.45, 2.75) is 6.92 Å². The summed E-state index contributed by atoms with van der Waals surface area (Å²) >= 11 is 0. The van der Waals surface area contributed by atoms with Crippen molar-refractivity contribution in [2.75, 3.05) is 0 Å². The molecular formula is C16H14N4O. The molecule has 0 saturated heterocycles. The lowest BCUT2D eigenvalue weighted by atomic mass is 10.1. The Kier molecular flexibility index (Phi) is 3.47. The quantitative estimate of drug-likeness (QED) is 0.455. The summed E-state index contributed by atoms with van der Waals surface area (Å²) in [6, 6.07) is 17.6. The van der Waals surface area contributed by atoms with E-state index in [0.717, 1.165) is 11.3 Å². The molecule has 5 heteroatoms. The average Bonchev–Trinajstić information content (AvgIpc) is 2.93. The van der Waals surface area contributed by atoms with E-state index in [2.05, 4.69) is 15.2 Å². The molecule has 0 spiro atoms. The van der Waals surface area contributed by atoms with E-state index >= 15 is 0 Å². The van der Waals surface area contributed by atoms with Crippen molar-refractivity contribution in [1.82, 2.24) is 14.8 Å². The number of benzene rings is 2. The van der Waals surface area contributed by atoms with Crippen LogP contribution in [0.5, 0.6) is 0 Å². The number of hydrogen-bond acceptors (Lipinski definition) is 4. The van der Waals surface area contributed by atoms with Gasteiger partial charge in [-0.1, -0.05) is 53.2 Å². The van der Waals surface area contributed by atoms with Crippen LogP contribution in [0.25, 0.3) is 17.1 Å². The zero-order valence-electron chi connectivity index (χ0n) is 11.5. The van der Waals surface area contributed by atoms with E-state index < -0.39 is 0 Å². The smallest absolute Gasteiger partial charge is 0.182 e. The largest absolute Gasteiger partial charge is 0.411 e. The predicted octanol–water partition coefficient (Wildman–Crippen LogP) is 3.05. The summed E-state index contributed by atoms with van der Waals surface area (Å²) in [5, 5.41) is 16.4. The van der Waals surface area contributed by atoms with Gasteiger partial charge < -0.3 is 5.21 Å². The van der Waals surface area contributed by atoms with Gasteiger partial charge in [0.1, 0.15) is 6.21 Å². The van der Waals surface area contributed by atoms with Crippen molar-refractivity contribution in [3.05, 3.63) is 66.0 Å². The topological polar surface area (TPSA) is 63.3 Å². The second kappa shape index (κ2) is 5.58. The summed E-state index contributed by atoms with van der Waals surface area (Å²) < 4.78 is 1.65. The first-order chi connectivity index (χ1) is 10.3. The van der Waals surface area contributed by atoms with Gasteiger partial charge in [0.05, 0.1) is 5.69 Å². The molecule has 0 fully saturated rings. The van der Waals surface area contributed by atoms with Crippen LogP contribution in [0.4, 0.5) is 0 Å². The van der Waals surface area contributed by atoms with Gasteiger partial charge in [0.2, 0.25) is 0 Å². The number of hydrogen-bond donors (Lipinski definition) is 1. The molecule has 3 rings (SSSR count). The van der Waals surface area contributed by atoms with Crippen LogP contribution in [0.3, 0.4) is 0 Å². The van der Waals surface area contributed by atoms with Crippen LogP contribution in [0, 0.1) is 6.92 Å². The Morgan fingerprint density at radius 3 is 2.43 bits per heavy atom. The van der Waals surface area contributed by atoms with Gasteiger partial charge in [-0.05, 0) is 19.1 Å². The molecule has 3 aromatic rings. The van der Waals surface area contributed by atoms with Crippen molar-refractivity contribution in [3.8, 4) is 17.1 Å². The van der Waals surface area contributed by atoms with Gasteiger partial charge in [-0.3, -0.25) is 0 Å². The molecule has 1 aromatic heterocycles. The highest BCUT2D eigenvalue weighted by Gasteiger charge is 2.11. The number of aromatic nitrogens is 3. The minimum Gasteiger partial charge on any atom is -0.411 e. The van der Waals surface area contributed by atoms with Gasteiger partial charge in [0, 0.05) is 5.56 Å². The fourth-order valence-electron chi connectivity index (χ4n) is 2.04. The maximum Gasteiger partial charge on any atom is 0.182 e. The van der Waals surface area contributed by atoms with E-state index in [1.54, 1.807) is 4.68 Å². The molecule has 2 aromatic carbocycles. The fraction of sp³-hybridized carbons (Fsp3) is 0.0625. The zero-order valence-corrected chi connectivity index (χ0v) is 11.5. The molecule has 104 valence electrons. The maximum absolute atomic E-state index is 8.80. The van der Waals surface area contributed by atoms with E-state index in [-0.39, 0.29) is 0 Å². The lowest BCUT2D eigenvalue weighted by Crippen LogP contribution is -2.01. The van der Waals surface area contributed by atoms with Gasteiger partial charge >= 0.3 is 0 Å². The van der Waals surface area contributed by atoms with E-state index in [4.69, 9.17) is 5.21 Å². The van der Waals surface area contributed by atoms with Crippen LogP contribution >= 0.6 is 0 Å². The summed E-state index contributed by atoms with van der Waals surface area (Å²) in [6.07, 6.45) is 1.28. The van der Waals surface area contributed by atoms with Gasteiger partial charge in [-0.25, -0.2) is 9.67 Å². The van der Waals surface area contributed by atoms with Crippen molar-refractivity contribution in [2.24, 2.45) is 5.16 Å².